The third kappa shape index (κ3) is 40.1. The van der Waals surface area contributed by atoms with Gasteiger partial charge in [0.25, 0.3) is 0 Å². The van der Waals surface area contributed by atoms with Crippen molar-refractivity contribution in [2.75, 3.05) is 19.6 Å². The standard InChI is InChI=1S/C44H91N/c1-4-7-10-13-16-19-22-23-24-25-26-27-28-29-32-35-38-41-44-45(42-39-36-33-30-20-17-14-11-8-5-2)43-40-37-34-31-21-18-15-12-9-6-3/h4-44H2,1-3H3. The minimum atomic E-state index is 1.37. The summed E-state index contributed by atoms with van der Waals surface area (Å²) in [4.78, 5) is 2.86. The minimum absolute atomic E-state index is 1.37. The Kier molecular flexibility index (Phi) is 41.9. The zero-order valence-corrected chi connectivity index (χ0v) is 32.4. The second kappa shape index (κ2) is 42.0. The van der Waals surface area contributed by atoms with Gasteiger partial charge in [0.2, 0.25) is 0 Å². The Morgan fingerprint density at radius 1 is 0.178 bits per heavy atom. The van der Waals surface area contributed by atoms with Gasteiger partial charge < -0.3 is 4.90 Å². The molecule has 0 saturated heterocycles. The van der Waals surface area contributed by atoms with E-state index in [0.717, 1.165) is 0 Å². The van der Waals surface area contributed by atoms with Gasteiger partial charge in [0, 0.05) is 0 Å². The van der Waals surface area contributed by atoms with Crippen molar-refractivity contribution in [2.45, 2.75) is 265 Å². The highest BCUT2D eigenvalue weighted by Gasteiger charge is 2.05. The number of hydrogen-bond acceptors (Lipinski definition) is 1. The fourth-order valence-electron chi connectivity index (χ4n) is 7.22. The summed E-state index contributed by atoms with van der Waals surface area (Å²) in [6, 6.07) is 0. The van der Waals surface area contributed by atoms with Crippen LogP contribution in [0.25, 0.3) is 0 Å². The summed E-state index contributed by atoms with van der Waals surface area (Å²) in [7, 11) is 0. The van der Waals surface area contributed by atoms with Crippen molar-refractivity contribution in [3.63, 3.8) is 0 Å². The van der Waals surface area contributed by atoms with E-state index in [1.165, 1.54) is 264 Å². The number of nitrogens with zero attached hydrogens (tertiary/aromatic N) is 1. The third-order valence-corrected chi connectivity index (χ3v) is 10.5. The summed E-state index contributed by atoms with van der Waals surface area (Å²) in [5.41, 5.74) is 0. The van der Waals surface area contributed by atoms with Crippen LogP contribution in [0.15, 0.2) is 0 Å². The molecule has 272 valence electrons. The first kappa shape index (κ1) is 45.0. The van der Waals surface area contributed by atoms with Crippen LogP contribution in [0.5, 0.6) is 0 Å². The summed E-state index contributed by atoms with van der Waals surface area (Å²) < 4.78 is 0. The van der Waals surface area contributed by atoms with Gasteiger partial charge in [-0.3, -0.25) is 0 Å². The Bertz CT molecular complexity index is 463. The lowest BCUT2D eigenvalue weighted by atomic mass is 10.0. The van der Waals surface area contributed by atoms with Gasteiger partial charge in [-0.05, 0) is 38.9 Å². The van der Waals surface area contributed by atoms with Gasteiger partial charge in [0.05, 0.1) is 0 Å². The number of unbranched alkanes of at least 4 members (excludes halogenated alkanes) is 35. The van der Waals surface area contributed by atoms with Crippen molar-refractivity contribution < 1.29 is 0 Å². The first-order chi connectivity index (χ1) is 22.3. The second-order valence-electron chi connectivity index (χ2n) is 15.2. The molecule has 0 unspecified atom stereocenters. The molecule has 0 saturated carbocycles. The van der Waals surface area contributed by atoms with Gasteiger partial charge in [0.15, 0.2) is 0 Å². The Balaban J connectivity index is 3.81. The molecule has 0 bridgehead atoms. The molecule has 0 N–H and O–H groups in total. The van der Waals surface area contributed by atoms with E-state index in [2.05, 4.69) is 25.7 Å². The SMILES string of the molecule is CCCCCCCCCCCCCCCCCCCCN(CCCCCCCCCCCC)CCCCCCCCCCCC. The normalized spacial score (nSPS) is 11.7. The highest BCUT2D eigenvalue weighted by Crippen LogP contribution is 2.16. The Morgan fingerprint density at radius 3 is 0.467 bits per heavy atom. The van der Waals surface area contributed by atoms with Crippen molar-refractivity contribution >= 4 is 0 Å². The Labute approximate surface area is 288 Å². The van der Waals surface area contributed by atoms with Crippen LogP contribution < -0.4 is 0 Å². The Hall–Kier alpha value is -0.0400. The van der Waals surface area contributed by atoms with Gasteiger partial charge in [-0.1, -0.05) is 245 Å². The molecule has 0 radical (unpaired) electrons. The molecular formula is C44H91N. The molecule has 0 aromatic carbocycles. The van der Waals surface area contributed by atoms with Gasteiger partial charge in [-0.15, -0.1) is 0 Å². The van der Waals surface area contributed by atoms with Gasteiger partial charge in [-0.25, -0.2) is 0 Å². The quantitative estimate of drug-likeness (QED) is 0.0605. The molecule has 1 nitrogen and oxygen atoms in total. The van der Waals surface area contributed by atoms with Crippen molar-refractivity contribution in [1.29, 1.82) is 0 Å². The maximum atomic E-state index is 2.86. The van der Waals surface area contributed by atoms with E-state index in [1.807, 2.05) is 0 Å². The van der Waals surface area contributed by atoms with E-state index in [1.54, 1.807) is 0 Å². The smallest absolute Gasteiger partial charge is 0.00187 e. The van der Waals surface area contributed by atoms with Crippen LogP contribution in [0.2, 0.25) is 0 Å². The average molecular weight is 634 g/mol. The highest BCUT2D eigenvalue weighted by molar-refractivity contribution is 4.61. The molecule has 0 aliphatic carbocycles. The van der Waals surface area contributed by atoms with E-state index in [0.29, 0.717) is 0 Å². The van der Waals surface area contributed by atoms with Crippen molar-refractivity contribution in [3.05, 3.63) is 0 Å². The average Bonchev–Trinajstić information content (AvgIpc) is 3.05. The molecule has 0 spiro atoms. The maximum Gasteiger partial charge on any atom is -0.00187 e. The summed E-state index contributed by atoms with van der Waals surface area (Å²) in [5.74, 6) is 0. The molecule has 0 heterocycles. The van der Waals surface area contributed by atoms with Crippen LogP contribution in [-0.2, 0) is 0 Å². The van der Waals surface area contributed by atoms with Crippen LogP contribution in [0, 0.1) is 0 Å². The van der Waals surface area contributed by atoms with Crippen molar-refractivity contribution in [3.8, 4) is 0 Å². The highest BCUT2D eigenvalue weighted by atomic mass is 15.1. The molecule has 0 aliphatic heterocycles. The summed E-state index contributed by atoms with van der Waals surface area (Å²) in [6.45, 7) is 11.1. The topological polar surface area (TPSA) is 3.24 Å². The summed E-state index contributed by atoms with van der Waals surface area (Å²) >= 11 is 0. The van der Waals surface area contributed by atoms with Crippen molar-refractivity contribution in [2.24, 2.45) is 0 Å². The molecule has 0 fully saturated rings. The van der Waals surface area contributed by atoms with Crippen LogP contribution in [0.3, 0.4) is 0 Å². The third-order valence-electron chi connectivity index (χ3n) is 10.5. The van der Waals surface area contributed by atoms with Crippen molar-refractivity contribution in [1.82, 2.24) is 4.90 Å². The number of hydrogen-bond donors (Lipinski definition) is 0. The second-order valence-corrected chi connectivity index (χ2v) is 15.2. The molecule has 0 amide bonds. The summed E-state index contributed by atoms with van der Waals surface area (Å²) in [5, 5.41) is 0. The molecule has 0 atom stereocenters. The molecular weight excluding hydrogens is 542 g/mol. The van der Waals surface area contributed by atoms with E-state index in [9.17, 15) is 0 Å². The van der Waals surface area contributed by atoms with E-state index >= 15 is 0 Å². The van der Waals surface area contributed by atoms with E-state index in [4.69, 9.17) is 0 Å². The van der Waals surface area contributed by atoms with Gasteiger partial charge in [-0.2, -0.15) is 0 Å². The minimum Gasteiger partial charge on any atom is -0.303 e. The zero-order valence-electron chi connectivity index (χ0n) is 32.4. The summed E-state index contributed by atoms with van der Waals surface area (Å²) in [6.07, 6.45) is 55.6. The van der Waals surface area contributed by atoms with E-state index < -0.39 is 0 Å². The zero-order chi connectivity index (χ0) is 32.6. The van der Waals surface area contributed by atoms with Crippen LogP contribution in [0.4, 0.5) is 0 Å². The molecule has 0 aromatic rings. The molecule has 0 aliphatic rings. The lowest BCUT2D eigenvalue weighted by molar-refractivity contribution is 0.254. The lowest BCUT2D eigenvalue weighted by Crippen LogP contribution is -2.27. The van der Waals surface area contributed by atoms with E-state index in [-0.39, 0.29) is 0 Å². The predicted molar refractivity (Wildman–Crippen MR) is 209 cm³/mol. The monoisotopic (exact) mass is 634 g/mol. The van der Waals surface area contributed by atoms with Crippen LogP contribution >= 0.6 is 0 Å². The van der Waals surface area contributed by atoms with Crippen LogP contribution in [-0.4, -0.2) is 24.5 Å². The molecule has 45 heavy (non-hydrogen) atoms. The Morgan fingerprint density at radius 2 is 0.311 bits per heavy atom. The molecule has 0 aromatic heterocycles. The largest absolute Gasteiger partial charge is 0.303 e. The number of rotatable bonds is 41. The van der Waals surface area contributed by atoms with Crippen LogP contribution in [0.1, 0.15) is 265 Å². The molecule has 1 heteroatoms. The fraction of sp³-hybridized carbons (Fsp3) is 1.00. The van der Waals surface area contributed by atoms with Gasteiger partial charge >= 0.3 is 0 Å². The maximum absolute atomic E-state index is 2.86. The lowest BCUT2D eigenvalue weighted by Gasteiger charge is -2.22. The predicted octanol–water partition coefficient (Wildman–Crippen LogP) is 16.2. The first-order valence-corrected chi connectivity index (χ1v) is 22.1. The van der Waals surface area contributed by atoms with Gasteiger partial charge in [0.1, 0.15) is 0 Å². The first-order valence-electron chi connectivity index (χ1n) is 22.1. The fourth-order valence-corrected chi connectivity index (χ4v) is 7.22. The molecule has 0 rings (SSSR count).